The first-order valence-electron chi connectivity index (χ1n) is 6.72. The van der Waals surface area contributed by atoms with Crippen molar-refractivity contribution in [1.82, 2.24) is 19.8 Å². The van der Waals surface area contributed by atoms with Crippen LogP contribution in [0.1, 0.15) is 25.1 Å². The summed E-state index contributed by atoms with van der Waals surface area (Å²) in [5, 5.41) is 13.7. The number of ether oxygens (including phenoxy) is 1. The molecule has 1 N–H and O–H groups in total. The van der Waals surface area contributed by atoms with Crippen LogP contribution in [0.4, 0.5) is 19.0 Å². The minimum atomic E-state index is -4.58. The van der Waals surface area contributed by atoms with Gasteiger partial charge < -0.3 is 10.1 Å². The van der Waals surface area contributed by atoms with Gasteiger partial charge in [-0.15, -0.1) is 15.3 Å². The summed E-state index contributed by atoms with van der Waals surface area (Å²) in [5.74, 6) is -0.751. The largest absolute Gasteiger partial charge is 0.453 e. The molecule has 9 heteroatoms. The van der Waals surface area contributed by atoms with E-state index in [1.54, 1.807) is 6.07 Å². The average molecular weight is 299 g/mol. The zero-order chi connectivity index (χ0) is 14.6. The molecule has 6 nitrogen and oxygen atoms in total. The molecule has 0 aliphatic carbocycles. The van der Waals surface area contributed by atoms with Gasteiger partial charge >= 0.3 is 6.18 Å². The lowest BCUT2D eigenvalue weighted by Gasteiger charge is -2.20. The van der Waals surface area contributed by atoms with Crippen molar-refractivity contribution in [3.8, 4) is 0 Å². The van der Waals surface area contributed by atoms with Crippen LogP contribution in [0.3, 0.4) is 0 Å². The summed E-state index contributed by atoms with van der Waals surface area (Å²) in [7, 11) is 0. The van der Waals surface area contributed by atoms with E-state index in [1.807, 2.05) is 0 Å². The molecule has 21 heavy (non-hydrogen) atoms. The van der Waals surface area contributed by atoms with E-state index in [-0.39, 0.29) is 23.9 Å². The fourth-order valence-electron chi connectivity index (χ4n) is 3.02. The van der Waals surface area contributed by atoms with Crippen LogP contribution in [0.2, 0.25) is 0 Å². The zero-order valence-corrected chi connectivity index (χ0v) is 10.8. The normalized spacial score (nSPS) is 28.4. The fraction of sp³-hybridized carbons (Fsp3) is 0.583. The van der Waals surface area contributed by atoms with Crippen molar-refractivity contribution in [3.63, 3.8) is 0 Å². The first kappa shape index (κ1) is 12.8. The van der Waals surface area contributed by atoms with E-state index >= 15 is 0 Å². The lowest BCUT2D eigenvalue weighted by Crippen LogP contribution is -2.31. The first-order chi connectivity index (χ1) is 10.0. The van der Waals surface area contributed by atoms with Crippen molar-refractivity contribution in [2.24, 2.45) is 0 Å². The number of fused-ring (bicyclic) bond motifs is 3. The molecule has 0 spiro atoms. The van der Waals surface area contributed by atoms with Gasteiger partial charge in [0.1, 0.15) is 5.82 Å². The van der Waals surface area contributed by atoms with Gasteiger partial charge in [-0.3, -0.25) is 0 Å². The van der Waals surface area contributed by atoms with Crippen LogP contribution >= 0.6 is 0 Å². The minimum Gasteiger partial charge on any atom is -0.373 e. The Labute approximate surface area is 117 Å². The van der Waals surface area contributed by atoms with Crippen LogP contribution in [-0.4, -0.2) is 38.1 Å². The van der Waals surface area contributed by atoms with E-state index in [9.17, 15) is 13.2 Å². The molecule has 2 aliphatic rings. The van der Waals surface area contributed by atoms with Crippen molar-refractivity contribution in [2.75, 3.05) is 5.32 Å². The van der Waals surface area contributed by atoms with Gasteiger partial charge in [-0.1, -0.05) is 0 Å². The number of rotatable bonds is 2. The summed E-state index contributed by atoms with van der Waals surface area (Å²) in [5.41, 5.74) is 0.0667. The van der Waals surface area contributed by atoms with Crippen molar-refractivity contribution in [3.05, 3.63) is 18.0 Å². The fourth-order valence-corrected chi connectivity index (χ4v) is 3.02. The van der Waals surface area contributed by atoms with Gasteiger partial charge in [0.05, 0.1) is 18.2 Å². The molecule has 0 saturated carbocycles. The van der Waals surface area contributed by atoms with Crippen LogP contribution in [-0.2, 0) is 10.9 Å². The highest BCUT2D eigenvalue weighted by atomic mass is 19.4. The van der Waals surface area contributed by atoms with Crippen LogP contribution < -0.4 is 5.32 Å². The highest BCUT2D eigenvalue weighted by molar-refractivity contribution is 5.45. The second-order valence-corrected chi connectivity index (χ2v) is 5.37. The van der Waals surface area contributed by atoms with Crippen LogP contribution in [0.15, 0.2) is 12.1 Å². The van der Waals surface area contributed by atoms with Gasteiger partial charge in [0.2, 0.25) is 0 Å². The minimum absolute atomic E-state index is 0.0667. The smallest absolute Gasteiger partial charge is 0.373 e. The Balaban J connectivity index is 1.64. The van der Waals surface area contributed by atoms with Gasteiger partial charge in [0.15, 0.2) is 5.65 Å². The molecule has 112 valence electrons. The van der Waals surface area contributed by atoms with E-state index in [2.05, 4.69) is 20.6 Å². The van der Waals surface area contributed by atoms with Crippen LogP contribution in [0.5, 0.6) is 0 Å². The molecule has 3 atom stereocenters. The molecule has 4 rings (SSSR count). The average Bonchev–Trinajstić information content (AvgIpc) is 3.11. The van der Waals surface area contributed by atoms with Gasteiger partial charge in [-0.05, 0) is 31.4 Å². The third-order valence-corrected chi connectivity index (χ3v) is 3.96. The monoisotopic (exact) mass is 299 g/mol. The lowest BCUT2D eigenvalue weighted by atomic mass is 9.95. The van der Waals surface area contributed by atoms with E-state index in [0.29, 0.717) is 5.82 Å². The molecule has 0 aromatic carbocycles. The molecule has 2 aromatic heterocycles. The number of nitrogens with one attached hydrogen (secondary N) is 1. The number of nitrogens with zero attached hydrogens (tertiary/aromatic N) is 4. The Morgan fingerprint density at radius 1 is 1.24 bits per heavy atom. The summed E-state index contributed by atoms with van der Waals surface area (Å²) >= 11 is 0. The maximum Gasteiger partial charge on any atom is 0.453 e. The molecular formula is C12H12F3N5O. The predicted octanol–water partition coefficient (Wildman–Crippen LogP) is 1.87. The van der Waals surface area contributed by atoms with Gasteiger partial charge in [0.25, 0.3) is 5.82 Å². The van der Waals surface area contributed by atoms with Gasteiger partial charge in [-0.2, -0.15) is 17.7 Å². The van der Waals surface area contributed by atoms with Gasteiger partial charge in [-0.25, -0.2) is 0 Å². The van der Waals surface area contributed by atoms with E-state index in [1.165, 1.54) is 6.07 Å². The maximum absolute atomic E-state index is 12.8. The van der Waals surface area contributed by atoms with Crippen molar-refractivity contribution in [2.45, 2.75) is 43.7 Å². The second-order valence-electron chi connectivity index (χ2n) is 5.37. The molecule has 2 aliphatic heterocycles. The van der Waals surface area contributed by atoms with Gasteiger partial charge in [0, 0.05) is 0 Å². The zero-order valence-electron chi connectivity index (χ0n) is 10.8. The third kappa shape index (κ3) is 2.11. The van der Waals surface area contributed by atoms with E-state index in [4.69, 9.17) is 4.74 Å². The summed E-state index contributed by atoms with van der Waals surface area (Å²) in [6, 6.07) is 3.17. The summed E-state index contributed by atoms with van der Waals surface area (Å²) in [4.78, 5) is 0. The number of hydrogen-bond acceptors (Lipinski definition) is 5. The molecule has 0 amide bonds. The number of alkyl halides is 3. The Kier molecular flexibility index (Phi) is 2.62. The SMILES string of the molecule is FC(F)(F)c1nnc2ccc(NC3CC4CCC3O4)nn12. The van der Waals surface area contributed by atoms with E-state index in [0.717, 1.165) is 23.8 Å². The lowest BCUT2D eigenvalue weighted by molar-refractivity contribution is -0.146. The topological polar surface area (TPSA) is 64.3 Å². The second kappa shape index (κ2) is 4.30. The Morgan fingerprint density at radius 2 is 2.10 bits per heavy atom. The molecular weight excluding hydrogens is 287 g/mol. The number of hydrogen-bond donors (Lipinski definition) is 1. The molecule has 4 heterocycles. The predicted molar refractivity (Wildman–Crippen MR) is 65.7 cm³/mol. The highest BCUT2D eigenvalue weighted by Crippen LogP contribution is 2.35. The first-order valence-corrected chi connectivity index (χ1v) is 6.72. The van der Waals surface area contributed by atoms with E-state index < -0.39 is 12.0 Å². The third-order valence-electron chi connectivity index (χ3n) is 3.96. The van der Waals surface area contributed by atoms with Crippen LogP contribution in [0, 0.1) is 0 Å². The summed E-state index contributed by atoms with van der Waals surface area (Å²) < 4.78 is 44.8. The standard InChI is InChI=1S/C12H12F3N5O/c13-12(14,15)11-18-17-10-4-3-9(19-20(10)11)16-7-5-6-1-2-8(7)21-6/h3-4,6-8H,1-2,5H2,(H,16,19). The maximum atomic E-state index is 12.8. The molecule has 2 fully saturated rings. The Morgan fingerprint density at radius 3 is 2.76 bits per heavy atom. The van der Waals surface area contributed by atoms with Crippen LogP contribution in [0.25, 0.3) is 5.65 Å². The Bertz CT molecular complexity index is 685. The molecule has 2 aromatic rings. The van der Waals surface area contributed by atoms with Crippen molar-refractivity contribution < 1.29 is 17.9 Å². The number of aromatic nitrogens is 4. The summed E-state index contributed by atoms with van der Waals surface area (Å²) in [6.45, 7) is 0. The highest BCUT2D eigenvalue weighted by Gasteiger charge is 2.41. The molecule has 2 saturated heterocycles. The number of halogens is 3. The van der Waals surface area contributed by atoms with Crippen molar-refractivity contribution >= 4 is 11.5 Å². The quantitative estimate of drug-likeness (QED) is 0.917. The Hall–Kier alpha value is -1.90. The molecule has 2 bridgehead atoms. The molecule has 0 radical (unpaired) electrons. The molecule has 3 unspecified atom stereocenters. The summed E-state index contributed by atoms with van der Waals surface area (Å²) in [6.07, 6.45) is -1.31. The number of anilines is 1. The van der Waals surface area contributed by atoms with Crippen molar-refractivity contribution in [1.29, 1.82) is 0 Å².